The van der Waals surface area contributed by atoms with E-state index >= 15 is 0 Å². The Balaban J connectivity index is 2.40. The van der Waals surface area contributed by atoms with Gasteiger partial charge in [0.2, 0.25) is 0 Å². The van der Waals surface area contributed by atoms with Gasteiger partial charge in [-0.15, -0.1) is 0 Å². The number of esters is 1. The van der Waals surface area contributed by atoms with E-state index in [2.05, 4.69) is 12.6 Å². The third-order valence-electron chi connectivity index (χ3n) is 2.41. The SMILES string of the molecule is CC(=O)OC(C)C1(CS)CC1. The van der Waals surface area contributed by atoms with Crippen molar-refractivity contribution in [3.05, 3.63) is 0 Å². The van der Waals surface area contributed by atoms with Gasteiger partial charge >= 0.3 is 5.97 Å². The zero-order valence-corrected chi connectivity index (χ0v) is 7.86. The molecule has 0 saturated heterocycles. The molecule has 1 aliphatic rings. The Hall–Kier alpha value is -0.180. The molecular formula is C8H14O2S. The summed E-state index contributed by atoms with van der Waals surface area (Å²) in [6, 6.07) is 0. The van der Waals surface area contributed by atoms with Crippen LogP contribution in [0.2, 0.25) is 0 Å². The fourth-order valence-electron chi connectivity index (χ4n) is 1.23. The second kappa shape index (κ2) is 3.05. The van der Waals surface area contributed by atoms with Crippen LogP contribution < -0.4 is 0 Å². The summed E-state index contributed by atoms with van der Waals surface area (Å²) in [5.74, 6) is 0.632. The van der Waals surface area contributed by atoms with Crippen molar-refractivity contribution in [3.8, 4) is 0 Å². The fraction of sp³-hybridized carbons (Fsp3) is 0.875. The molecule has 0 heterocycles. The Kier molecular flexibility index (Phi) is 2.47. The van der Waals surface area contributed by atoms with Gasteiger partial charge in [-0.25, -0.2) is 0 Å². The van der Waals surface area contributed by atoms with Crippen LogP contribution in [0.1, 0.15) is 26.7 Å². The third-order valence-corrected chi connectivity index (χ3v) is 3.04. The first-order chi connectivity index (χ1) is 5.10. The number of carbonyl (C=O) groups excluding carboxylic acids is 1. The molecule has 0 aromatic rings. The molecule has 0 aromatic carbocycles. The lowest BCUT2D eigenvalue weighted by Gasteiger charge is -2.20. The summed E-state index contributed by atoms with van der Waals surface area (Å²) < 4.78 is 5.08. The Morgan fingerprint density at radius 1 is 1.73 bits per heavy atom. The average Bonchev–Trinajstić information content (AvgIpc) is 2.65. The zero-order chi connectivity index (χ0) is 8.48. The van der Waals surface area contributed by atoms with Crippen LogP contribution in [0.4, 0.5) is 0 Å². The zero-order valence-electron chi connectivity index (χ0n) is 6.96. The maximum atomic E-state index is 10.6. The molecule has 1 unspecified atom stereocenters. The topological polar surface area (TPSA) is 26.3 Å². The molecule has 1 atom stereocenters. The maximum Gasteiger partial charge on any atom is 0.302 e. The normalized spacial score (nSPS) is 22.5. The van der Waals surface area contributed by atoms with Crippen LogP contribution in [0, 0.1) is 5.41 Å². The van der Waals surface area contributed by atoms with Gasteiger partial charge in [0, 0.05) is 12.3 Å². The lowest BCUT2D eigenvalue weighted by molar-refractivity contribution is -0.148. The summed E-state index contributed by atoms with van der Waals surface area (Å²) >= 11 is 4.23. The van der Waals surface area contributed by atoms with Crippen LogP contribution in [-0.4, -0.2) is 17.8 Å². The molecule has 1 aliphatic carbocycles. The van der Waals surface area contributed by atoms with E-state index in [-0.39, 0.29) is 17.5 Å². The minimum atomic E-state index is -0.189. The quantitative estimate of drug-likeness (QED) is 0.520. The first-order valence-corrected chi connectivity index (χ1v) is 4.52. The van der Waals surface area contributed by atoms with Crippen molar-refractivity contribution in [1.29, 1.82) is 0 Å². The molecule has 11 heavy (non-hydrogen) atoms. The molecule has 64 valence electrons. The van der Waals surface area contributed by atoms with Gasteiger partial charge in [-0.3, -0.25) is 4.79 Å². The first kappa shape index (κ1) is 8.91. The Morgan fingerprint density at radius 2 is 2.27 bits per heavy atom. The first-order valence-electron chi connectivity index (χ1n) is 3.89. The van der Waals surface area contributed by atoms with Gasteiger partial charge < -0.3 is 4.74 Å². The monoisotopic (exact) mass is 174 g/mol. The molecule has 0 amide bonds. The second-order valence-corrected chi connectivity index (χ2v) is 3.59. The van der Waals surface area contributed by atoms with E-state index in [1.807, 2.05) is 6.92 Å². The highest BCUT2D eigenvalue weighted by molar-refractivity contribution is 7.80. The van der Waals surface area contributed by atoms with E-state index in [9.17, 15) is 4.79 Å². The minimum Gasteiger partial charge on any atom is -0.462 e. The molecule has 0 aliphatic heterocycles. The van der Waals surface area contributed by atoms with E-state index in [1.165, 1.54) is 6.92 Å². The summed E-state index contributed by atoms with van der Waals surface area (Å²) in [7, 11) is 0. The smallest absolute Gasteiger partial charge is 0.302 e. The molecule has 0 radical (unpaired) electrons. The van der Waals surface area contributed by atoms with Gasteiger partial charge in [0.15, 0.2) is 0 Å². The van der Waals surface area contributed by atoms with Crippen LogP contribution in [-0.2, 0) is 9.53 Å². The van der Waals surface area contributed by atoms with Crippen LogP contribution in [0.15, 0.2) is 0 Å². The van der Waals surface area contributed by atoms with Crippen molar-refractivity contribution >= 4 is 18.6 Å². The Labute approximate surface area is 72.7 Å². The van der Waals surface area contributed by atoms with Gasteiger partial charge in [-0.1, -0.05) is 0 Å². The summed E-state index contributed by atoms with van der Waals surface area (Å²) in [5.41, 5.74) is 0.203. The fourth-order valence-corrected chi connectivity index (χ4v) is 1.80. The molecule has 2 nitrogen and oxygen atoms in total. The Bertz CT molecular complexity index is 163. The van der Waals surface area contributed by atoms with Gasteiger partial charge in [-0.2, -0.15) is 12.6 Å². The molecule has 0 aromatic heterocycles. The van der Waals surface area contributed by atoms with E-state index in [4.69, 9.17) is 4.74 Å². The molecule has 0 N–H and O–H groups in total. The third kappa shape index (κ3) is 1.89. The highest BCUT2D eigenvalue weighted by Gasteiger charge is 2.47. The molecule has 0 bridgehead atoms. The molecule has 1 rings (SSSR count). The van der Waals surface area contributed by atoms with Gasteiger partial charge in [0.05, 0.1) is 0 Å². The number of ether oxygens (including phenoxy) is 1. The van der Waals surface area contributed by atoms with Crippen molar-refractivity contribution in [2.75, 3.05) is 5.75 Å². The summed E-state index contributed by atoms with van der Waals surface area (Å²) in [6.45, 7) is 3.40. The number of carbonyl (C=O) groups is 1. The largest absolute Gasteiger partial charge is 0.462 e. The van der Waals surface area contributed by atoms with Gasteiger partial charge in [0.25, 0.3) is 0 Å². The van der Waals surface area contributed by atoms with Crippen LogP contribution in [0.3, 0.4) is 0 Å². The van der Waals surface area contributed by atoms with Crippen molar-refractivity contribution < 1.29 is 9.53 Å². The van der Waals surface area contributed by atoms with Crippen molar-refractivity contribution in [3.63, 3.8) is 0 Å². The van der Waals surface area contributed by atoms with Gasteiger partial charge in [0.1, 0.15) is 6.10 Å². The van der Waals surface area contributed by atoms with E-state index in [1.54, 1.807) is 0 Å². The average molecular weight is 174 g/mol. The lowest BCUT2D eigenvalue weighted by atomic mass is 10.0. The molecule has 1 fully saturated rings. The van der Waals surface area contributed by atoms with Crippen molar-refractivity contribution in [1.82, 2.24) is 0 Å². The van der Waals surface area contributed by atoms with Crippen LogP contribution in [0.25, 0.3) is 0 Å². The molecule has 1 saturated carbocycles. The predicted molar refractivity (Wildman–Crippen MR) is 46.7 cm³/mol. The summed E-state index contributed by atoms with van der Waals surface area (Å²) in [5, 5.41) is 0. The highest BCUT2D eigenvalue weighted by Crippen LogP contribution is 2.50. The van der Waals surface area contributed by atoms with Crippen molar-refractivity contribution in [2.45, 2.75) is 32.8 Å². The highest BCUT2D eigenvalue weighted by atomic mass is 32.1. The standard InChI is InChI=1S/C8H14O2S/c1-6(10-7(2)9)8(5-11)3-4-8/h6,11H,3-5H2,1-2H3. The number of rotatable bonds is 3. The number of thiol groups is 1. The van der Waals surface area contributed by atoms with Crippen LogP contribution >= 0.6 is 12.6 Å². The maximum absolute atomic E-state index is 10.6. The summed E-state index contributed by atoms with van der Waals surface area (Å²) in [4.78, 5) is 10.6. The van der Waals surface area contributed by atoms with Gasteiger partial charge in [-0.05, 0) is 25.5 Å². The van der Waals surface area contributed by atoms with Crippen LogP contribution in [0.5, 0.6) is 0 Å². The Morgan fingerprint density at radius 3 is 2.55 bits per heavy atom. The number of hydrogen-bond acceptors (Lipinski definition) is 3. The molecule has 3 heteroatoms. The predicted octanol–water partition coefficient (Wildman–Crippen LogP) is 1.65. The lowest BCUT2D eigenvalue weighted by Crippen LogP contribution is -2.25. The summed E-state index contributed by atoms with van der Waals surface area (Å²) in [6.07, 6.45) is 2.33. The number of hydrogen-bond donors (Lipinski definition) is 1. The molecule has 0 spiro atoms. The van der Waals surface area contributed by atoms with E-state index in [0.29, 0.717) is 0 Å². The van der Waals surface area contributed by atoms with E-state index < -0.39 is 0 Å². The van der Waals surface area contributed by atoms with E-state index in [0.717, 1.165) is 18.6 Å². The minimum absolute atomic E-state index is 0.0394. The van der Waals surface area contributed by atoms with Crippen molar-refractivity contribution in [2.24, 2.45) is 5.41 Å². The second-order valence-electron chi connectivity index (χ2n) is 3.27. The molecular weight excluding hydrogens is 160 g/mol.